The first-order chi connectivity index (χ1) is 17.0. The van der Waals surface area contributed by atoms with Crippen molar-refractivity contribution in [2.24, 2.45) is 5.92 Å². The minimum Gasteiger partial charge on any atom is -0.491 e. The predicted molar refractivity (Wildman–Crippen MR) is 134 cm³/mol. The molecule has 2 atom stereocenters. The molecular formula is C30H32F2O3. The second-order valence-electron chi connectivity index (χ2n) is 9.23. The van der Waals surface area contributed by atoms with Gasteiger partial charge >= 0.3 is 5.97 Å². The fourth-order valence-corrected chi connectivity index (χ4v) is 4.90. The fourth-order valence-electron chi connectivity index (χ4n) is 4.90. The van der Waals surface area contributed by atoms with E-state index in [2.05, 4.69) is 31.2 Å². The van der Waals surface area contributed by atoms with Crippen molar-refractivity contribution in [2.45, 2.75) is 58.3 Å². The smallest absolute Gasteiger partial charge is 0.343 e. The Morgan fingerprint density at radius 2 is 1.49 bits per heavy atom. The van der Waals surface area contributed by atoms with E-state index in [-0.39, 0.29) is 17.9 Å². The van der Waals surface area contributed by atoms with Crippen LogP contribution < -0.4 is 9.47 Å². The summed E-state index contributed by atoms with van der Waals surface area (Å²) in [5.41, 5.74) is 3.69. The first-order valence-corrected chi connectivity index (χ1v) is 12.5. The number of ether oxygens (including phenoxy) is 2. The van der Waals surface area contributed by atoms with Gasteiger partial charge in [-0.05, 0) is 79.0 Å². The Morgan fingerprint density at radius 3 is 2.14 bits per heavy atom. The van der Waals surface area contributed by atoms with Gasteiger partial charge in [0.05, 0.1) is 12.2 Å². The SMILES string of the molecule is CCCCC1CCC(c2ccc(-c3ccc(C(=O)Oc4ccc(OCC)c(F)c4F)cc3)cc2)C1. The van der Waals surface area contributed by atoms with Crippen LogP contribution in [0.2, 0.25) is 0 Å². The van der Waals surface area contributed by atoms with Crippen LogP contribution in [0.5, 0.6) is 11.5 Å². The van der Waals surface area contributed by atoms with Crippen molar-refractivity contribution in [3.05, 3.63) is 83.4 Å². The minimum atomic E-state index is -1.25. The molecule has 0 amide bonds. The number of hydrogen-bond donors (Lipinski definition) is 0. The lowest BCUT2D eigenvalue weighted by molar-refractivity contribution is 0.0726. The largest absolute Gasteiger partial charge is 0.491 e. The molecule has 1 fully saturated rings. The molecule has 0 spiro atoms. The highest BCUT2D eigenvalue weighted by Crippen LogP contribution is 2.41. The molecular weight excluding hydrogens is 446 g/mol. The number of hydrogen-bond acceptors (Lipinski definition) is 3. The van der Waals surface area contributed by atoms with E-state index in [4.69, 9.17) is 9.47 Å². The van der Waals surface area contributed by atoms with Gasteiger partial charge in [0, 0.05) is 0 Å². The zero-order valence-corrected chi connectivity index (χ0v) is 20.4. The van der Waals surface area contributed by atoms with Gasteiger partial charge < -0.3 is 9.47 Å². The number of esters is 1. The number of carbonyl (C=O) groups is 1. The third-order valence-corrected chi connectivity index (χ3v) is 6.86. The summed E-state index contributed by atoms with van der Waals surface area (Å²) >= 11 is 0. The van der Waals surface area contributed by atoms with Crippen LogP contribution in [0, 0.1) is 17.6 Å². The van der Waals surface area contributed by atoms with Gasteiger partial charge in [-0.15, -0.1) is 0 Å². The summed E-state index contributed by atoms with van der Waals surface area (Å²) in [7, 11) is 0. The van der Waals surface area contributed by atoms with Crippen LogP contribution in [-0.2, 0) is 0 Å². The summed E-state index contributed by atoms with van der Waals surface area (Å²) in [6.45, 7) is 4.12. The van der Waals surface area contributed by atoms with E-state index in [0.29, 0.717) is 5.92 Å². The van der Waals surface area contributed by atoms with Crippen molar-refractivity contribution in [3.8, 4) is 22.6 Å². The molecule has 3 aromatic rings. The molecule has 2 unspecified atom stereocenters. The van der Waals surface area contributed by atoms with E-state index in [1.165, 1.54) is 56.2 Å². The van der Waals surface area contributed by atoms with Gasteiger partial charge in [0.2, 0.25) is 11.6 Å². The number of halogens is 2. The van der Waals surface area contributed by atoms with Crippen molar-refractivity contribution < 1.29 is 23.0 Å². The third kappa shape index (κ3) is 5.90. The molecule has 3 nitrogen and oxygen atoms in total. The molecule has 35 heavy (non-hydrogen) atoms. The highest BCUT2D eigenvalue weighted by Gasteiger charge is 2.25. The Hall–Kier alpha value is -3.21. The van der Waals surface area contributed by atoms with Crippen LogP contribution in [0.4, 0.5) is 8.78 Å². The normalized spacial score (nSPS) is 17.4. The van der Waals surface area contributed by atoms with E-state index < -0.39 is 23.4 Å². The third-order valence-electron chi connectivity index (χ3n) is 6.86. The molecule has 0 bridgehead atoms. The first-order valence-electron chi connectivity index (χ1n) is 12.5. The van der Waals surface area contributed by atoms with Gasteiger partial charge in [0.25, 0.3) is 0 Å². The number of benzene rings is 3. The molecule has 0 aromatic heterocycles. The van der Waals surface area contributed by atoms with Gasteiger partial charge in [0.15, 0.2) is 11.5 Å². The maximum atomic E-state index is 14.2. The lowest BCUT2D eigenvalue weighted by Gasteiger charge is -2.13. The Labute approximate surface area is 206 Å². The summed E-state index contributed by atoms with van der Waals surface area (Å²) in [5, 5.41) is 0. The average molecular weight is 479 g/mol. The standard InChI is InChI=1S/C30H32F2O3/c1-3-5-6-20-7-8-25(19-20)23-11-9-21(10-12-23)22-13-15-24(16-14-22)30(33)35-27-18-17-26(34-4-2)28(31)29(27)32/h9-18,20,25H,3-8,19H2,1-2H3. The van der Waals surface area contributed by atoms with Crippen molar-refractivity contribution in [1.82, 2.24) is 0 Å². The van der Waals surface area contributed by atoms with Crippen LogP contribution >= 0.6 is 0 Å². The molecule has 1 aliphatic rings. The zero-order chi connectivity index (χ0) is 24.8. The second-order valence-corrected chi connectivity index (χ2v) is 9.23. The van der Waals surface area contributed by atoms with Gasteiger partial charge in [-0.3, -0.25) is 0 Å². The summed E-state index contributed by atoms with van der Waals surface area (Å²) in [4.78, 5) is 12.5. The van der Waals surface area contributed by atoms with Crippen LogP contribution in [0.15, 0.2) is 60.7 Å². The number of carbonyl (C=O) groups excluding carboxylic acids is 1. The van der Waals surface area contributed by atoms with Crippen LogP contribution in [-0.4, -0.2) is 12.6 Å². The Morgan fingerprint density at radius 1 is 0.857 bits per heavy atom. The molecule has 4 rings (SSSR count). The average Bonchev–Trinajstić information content (AvgIpc) is 3.36. The second kappa shape index (κ2) is 11.5. The number of unbranched alkanes of at least 4 members (excludes halogenated alkanes) is 1. The summed E-state index contributed by atoms with van der Waals surface area (Å²) in [6, 6.07) is 18.0. The fraction of sp³-hybridized carbons (Fsp3) is 0.367. The lowest BCUT2D eigenvalue weighted by Crippen LogP contribution is -2.10. The Kier molecular flexibility index (Phi) is 8.17. The van der Waals surface area contributed by atoms with E-state index in [1.54, 1.807) is 19.1 Å². The maximum absolute atomic E-state index is 14.2. The molecule has 5 heteroatoms. The molecule has 0 radical (unpaired) electrons. The van der Waals surface area contributed by atoms with Crippen LogP contribution in [0.25, 0.3) is 11.1 Å². The lowest BCUT2D eigenvalue weighted by atomic mass is 9.93. The zero-order valence-electron chi connectivity index (χ0n) is 20.4. The maximum Gasteiger partial charge on any atom is 0.343 e. The van der Waals surface area contributed by atoms with Gasteiger partial charge in [-0.2, -0.15) is 8.78 Å². The minimum absolute atomic E-state index is 0.199. The molecule has 0 saturated heterocycles. The predicted octanol–water partition coefficient (Wildman–Crippen LogP) is 8.32. The molecule has 0 N–H and O–H groups in total. The topological polar surface area (TPSA) is 35.5 Å². The Bertz CT molecular complexity index is 1140. The van der Waals surface area contributed by atoms with E-state index in [0.717, 1.165) is 17.0 Å². The quantitative estimate of drug-likeness (QED) is 0.229. The van der Waals surface area contributed by atoms with E-state index >= 15 is 0 Å². The summed E-state index contributed by atoms with van der Waals surface area (Å²) in [5.74, 6) is -2.36. The summed E-state index contributed by atoms with van der Waals surface area (Å²) in [6.07, 6.45) is 7.82. The van der Waals surface area contributed by atoms with E-state index in [1.807, 2.05) is 12.1 Å². The molecule has 1 aliphatic carbocycles. The molecule has 1 saturated carbocycles. The first kappa shape index (κ1) is 24.9. The van der Waals surface area contributed by atoms with Gasteiger partial charge in [0.1, 0.15) is 0 Å². The van der Waals surface area contributed by atoms with Crippen LogP contribution in [0.3, 0.4) is 0 Å². The van der Waals surface area contributed by atoms with Gasteiger partial charge in [-0.1, -0.05) is 62.6 Å². The van der Waals surface area contributed by atoms with E-state index in [9.17, 15) is 13.6 Å². The summed E-state index contributed by atoms with van der Waals surface area (Å²) < 4.78 is 38.4. The number of rotatable bonds is 9. The monoisotopic (exact) mass is 478 g/mol. The Balaban J connectivity index is 1.39. The highest BCUT2D eigenvalue weighted by molar-refractivity contribution is 5.91. The molecule has 0 heterocycles. The van der Waals surface area contributed by atoms with Crippen LogP contribution in [0.1, 0.15) is 74.2 Å². The molecule has 3 aromatic carbocycles. The van der Waals surface area contributed by atoms with Crippen molar-refractivity contribution in [1.29, 1.82) is 0 Å². The highest BCUT2D eigenvalue weighted by atomic mass is 19.2. The van der Waals surface area contributed by atoms with Gasteiger partial charge in [-0.25, -0.2) is 4.79 Å². The molecule has 184 valence electrons. The van der Waals surface area contributed by atoms with Crippen molar-refractivity contribution in [3.63, 3.8) is 0 Å². The van der Waals surface area contributed by atoms with Crippen molar-refractivity contribution >= 4 is 5.97 Å². The molecule has 0 aliphatic heterocycles. The van der Waals surface area contributed by atoms with Crippen molar-refractivity contribution in [2.75, 3.05) is 6.61 Å².